The van der Waals surface area contributed by atoms with Gasteiger partial charge >= 0.3 is 0 Å². The molecular formula is C6H4N2O5. The first kappa shape index (κ1) is 9.04. The van der Waals surface area contributed by atoms with E-state index >= 15 is 0 Å². The Morgan fingerprint density at radius 1 is 1.23 bits per heavy atom. The van der Waals surface area contributed by atoms with Crippen LogP contribution in [-0.2, 0) is 4.79 Å². The molecular weight excluding hydrogens is 180 g/mol. The highest BCUT2D eigenvalue weighted by Crippen LogP contribution is 2.10. The van der Waals surface area contributed by atoms with Gasteiger partial charge in [0, 0.05) is 11.0 Å². The van der Waals surface area contributed by atoms with Crippen molar-refractivity contribution < 1.29 is 14.6 Å². The van der Waals surface area contributed by atoms with Crippen molar-refractivity contribution in [2.45, 2.75) is 6.04 Å². The third kappa shape index (κ3) is 1.75. The van der Waals surface area contributed by atoms with Crippen LogP contribution >= 0.6 is 0 Å². The zero-order valence-corrected chi connectivity index (χ0v) is 6.25. The van der Waals surface area contributed by atoms with Crippen LogP contribution in [0.2, 0.25) is 0 Å². The molecule has 0 fully saturated rings. The standard InChI is InChI=1S/C6H4N2O5/c9-6-2-1-4(7(10)11)3-5(6)8(12)13/h1-3,5H. The molecule has 0 radical (unpaired) electrons. The Morgan fingerprint density at radius 3 is 2.31 bits per heavy atom. The lowest BCUT2D eigenvalue weighted by Gasteiger charge is -2.03. The lowest BCUT2D eigenvalue weighted by Crippen LogP contribution is -2.29. The highest BCUT2D eigenvalue weighted by Gasteiger charge is 2.31. The van der Waals surface area contributed by atoms with Crippen LogP contribution < -0.4 is 0 Å². The van der Waals surface area contributed by atoms with Crippen molar-refractivity contribution in [3.63, 3.8) is 0 Å². The van der Waals surface area contributed by atoms with Gasteiger partial charge in [0.05, 0.1) is 11.0 Å². The zero-order chi connectivity index (χ0) is 10.0. The maximum Gasteiger partial charge on any atom is 0.299 e. The van der Waals surface area contributed by atoms with Crippen molar-refractivity contribution in [3.8, 4) is 0 Å². The van der Waals surface area contributed by atoms with Crippen molar-refractivity contribution in [2.75, 3.05) is 0 Å². The summed E-state index contributed by atoms with van der Waals surface area (Å²) in [4.78, 5) is 29.6. The summed E-state index contributed by atoms with van der Waals surface area (Å²) in [6, 6.07) is -1.62. The molecule has 0 heterocycles. The van der Waals surface area contributed by atoms with E-state index in [-0.39, 0.29) is 0 Å². The normalized spacial score (nSPS) is 21.1. The zero-order valence-electron chi connectivity index (χ0n) is 6.25. The topological polar surface area (TPSA) is 103 Å². The highest BCUT2D eigenvalue weighted by molar-refractivity contribution is 5.96. The number of nitro groups is 2. The lowest BCUT2D eigenvalue weighted by atomic mass is 10.1. The van der Waals surface area contributed by atoms with Crippen molar-refractivity contribution in [2.24, 2.45) is 0 Å². The SMILES string of the molecule is O=C1C=CC([N+](=O)[O-])=CC1[N+](=O)[O-]. The summed E-state index contributed by atoms with van der Waals surface area (Å²) in [6.45, 7) is 0. The molecule has 13 heavy (non-hydrogen) atoms. The summed E-state index contributed by atoms with van der Waals surface area (Å²) >= 11 is 0. The molecule has 0 bridgehead atoms. The van der Waals surface area contributed by atoms with Crippen LogP contribution in [0.5, 0.6) is 0 Å². The Bertz CT molecular complexity index is 343. The van der Waals surface area contributed by atoms with Gasteiger partial charge in [-0.15, -0.1) is 0 Å². The first-order valence-electron chi connectivity index (χ1n) is 3.24. The van der Waals surface area contributed by atoms with E-state index in [9.17, 15) is 25.0 Å². The van der Waals surface area contributed by atoms with E-state index < -0.39 is 27.4 Å². The van der Waals surface area contributed by atoms with Crippen LogP contribution in [0.4, 0.5) is 0 Å². The predicted molar refractivity (Wildman–Crippen MR) is 40.0 cm³/mol. The van der Waals surface area contributed by atoms with Gasteiger partial charge in [-0.05, 0) is 6.08 Å². The van der Waals surface area contributed by atoms with E-state index in [4.69, 9.17) is 0 Å². The minimum absolute atomic E-state index is 0.429. The average Bonchev–Trinajstić information content (AvgIpc) is 2.04. The van der Waals surface area contributed by atoms with Crippen molar-refractivity contribution in [1.82, 2.24) is 0 Å². The Kier molecular flexibility index (Phi) is 2.18. The molecule has 0 aromatic heterocycles. The molecule has 0 saturated carbocycles. The summed E-state index contributed by atoms with van der Waals surface area (Å²) in [6.07, 6.45) is 2.51. The van der Waals surface area contributed by atoms with Crippen LogP contribution in [0.25, 0.3) is 0 Å². The Hall–Kier alpha value is -2.05. The van der Waals surface area contributed by atoms with Gasteiger partial charge in [0.15, 0.2) is 0 Å². The average molecular weight is 184 g/mol. The van der Waals surface area contributed by atoms with E-state index in [1.807, 2.05) is 0 Å². The molecule has 0 saturated heterocycles. The molecule has 0 N–H and O–H groups in total. The largest absolute Gasteiger partial charge is 0.299 e. The second kappa shape index (κ2) is 3.13. The summed E-state index contributed by atoms with van der Waals surface area (Å²) in [5.41, 5.74) is -0.429. The first-order chi connectivity index (χ1) is 6.02. The fourth-order valence-electron chi connectivity index (χ4n) is 0.852. The summed E-state index contributed by atoms with van der Waals surface area (Å²) in [5, 5.41) is 20.4. The Balaban J connectivity index is 3.00. The predicted octanol–water partition coefficient (Wildman–Crippen LogP) is -0.0688. The highest BCUT2D eigenvalue weighted by atomic mass is 16.6. The van der Waals surface area contributed by atoms with Gasteiger partial charge in [-0.25, -0.2) is 0 Å². The summed E-state index contributed by atoms with van der Waals surface area (Å²) in [7, 11) is 0. The van der Waals surface area contributed by atoms with Crippen LogP contribution in [0, 0.1) is 20.2 Å². The van der Waals surface area contributed by atoms with E-state index in [1.165, 1.54) is 0 Å². The van der Waals surface area contributed by atoms with Gasteiger partial charge in [-0.1, -0.05) is 0 Å². The van der Waals surface area contributed by atoms with E-state index in [1.54, 1.807) is 0 Å². The van der Waals surface area contributed by atoms with Gasteiger partial charge in [-0.2, -0.15) is 0 Å². The van der Waals surface area contributed by atoms with E-state index in [0.717, 1.165) is 18.2 Å². The third-order valence-corrected chi connectivity index (χ3v) is 1.48. The molecule has 0 spiro atoms. The third-order valence-electron chi connectivity index (χ3n) is 1.48. The summed E-state index contributed by atoms with van der Waals surface area (Å²) in [5.74, 6) is -0.754. The van der Waals surface area contributed by atoms with Crippen molar-refractivity contribution >= 4 is 5.78 Å². The number of allylic oxidation sites excluding steroid dienone is 1. The van der Waals surface area contributed by atoms with E-state index in [2.05, 4.69) is 0 Å². The molecule has 0 aromatic carbocycles. The molecule has 1 aliphatic rings. The maximum atomic E-state index is 10.8. The number of carbonyl (C=O) groups is 1. The van der Waals surface area contributed by atoms with Gasteiger partial charge in [-0.3, -0.25) is 25.0 Å². The Labute approximate surface area is 71.6 Å². The Morgan fingerprint density at radius 2 is 1.85 bits per heavy atom. The van der Waals surface area contributed by atoms with E-state index in [0.29, 0.717) is 0 Å². The van der Waals surface area contributed by atoms with Gasteiger partial charge in [0.1, 0.15) is 0 Å². The molecule has 7 heteroatoms. The fraction of sp³-hybridized carbons (Fsp3) is 0.167. The molecule has 1 aliphatic carbocycles. The molecule has 1 rings (SSSR count). The molecule has 7 nitrogen and oxygen atoms in total. The minimum atomic E-state index is -1.62. The van der Waals surface area contributed by atoms with Gasteiger partial charge in [0.25, 0.3) is 11.7 Å². The van der Waals surface area contributed by atoms with Gasteiger partial charge in [0.2, 0.25) is 5.78 Å². The van der Waals surface area contributed by atoms with Crippen molar-refractivity contribution in [1.29, 1.82) is 0 Å². The number of carbonyl (C=O) groups excluding carboxylic acids is 1. The molecule has 1 atom stereocenters. The summed E-state index contributed by atoms with van der Waals surface area (Å²) < 4.78 is 0. The minimum Gasteiger partial charge on any atom is -0.287 e. The number of rotatable bonds is 2. The smallest absolute Gasteiger partial charge is 0.287 e. The molecule has 1 unspecified atom stereocenters. The van der Waals surface area contributed by atoms with Crippen LogP contribution in [-0.4, -0.2) is 21.7 Å². The van der Waals surface area contributed by atoms with Gasteiger partial charge < -0.3 is 0 Å². The number of ketones is 1. The molecule has 0 aromatic rings. The molecule has 68 valence electrons. The van der Waals surface area contributed by atoms with Crippen LogP contribution in [0.1, 0.15) is 0 Å². The molecule has 0 amide bonds. The second-order valence-corrected chi connectivity index (χ2v) is 2.31. The number of hydrogen-bond donors (Lipinski definition) is 0. The lowest BCUT2D eigenvalue weighted by molar-refractivity contribution is -0.497. The van der Waals surface area contributed by atoms with Crippen LogP contribution in [0.15, 0.2) is 23.9 Å². The van der Waals surface area contributed by atoms with Crippen molar-refractivity contribution in [3.05, 3.63) is 44.2 Å². The number of nitrogens with zero attached hydrogens (tertiary/aromatic N) is 2. The van der Waals surface area contributed by atoms with Crippen LogP contribution in [0.3, 0.4) is 0 Å². The fourth-order valence-corrected chi connectivity index (χ4v) is 0.852. The number of hydrogen-bond acceptors (Lipinski definition) is 5. The monoisotopic (exact) mass is 184 g/mol. The second-order valence-electron chi connectivity index (χ2n) is 2.31. The first-order valence-corrected chi connectivity index (χ1v) is 3.24. The quantitative estimate of drug-likeness (QED) is 0.441. The maximum absolute atomic E-state index is 10.8. The molecule has 0 aliphatic heterocycles.